The molecule has 2 saturated heterocycles. The van der Waals surface area contributed by atoms with E-state index in [1.165, 1.54) is 16.9 Å². The van der Waals surface area contributed by atoms with Crippen LogP contribution in [0.4, 0.5) is 0 Å². The lowest BCUT2D eigenvalue weighted by Gasteiger charge is -2.32. The highest BCUT2D eigenvalue weighted by Crippen LogP contribution is 2.33. The van der Waals surface area contributed by atoms with Crippen LogP contribution in [0.25, 0.3) is 0 Å². The Hall–Kier alpha value is -1.40. The Balaban J connectivity index is 1.32. The van der Waals surface area contributed by atoms with Crippen LogP contribution >= 0.6 is 11.3 Å². The Morgan fingerprint density at radius 2 is 2.19 bits per heavy atom. The van der Waals surface area contributed by atoms with Gasteiger partial charge in [0.15, 0.2) is 0 Å². The first-order valence-corrected chi connectivity index (χ1v) is 11.3. The smallest absolute Gasteiger partial charge is 0.263 e. The third-order valence-electron chi connectivity index (χ3n) is 6.29. The van der Waals surface area contributed by atoms with Gasteiger partial charge in [-0.15, -0.1) is 11.3 Å². The molecule has 0 spiro atoms. The van der Waals surface area contributed by atoms with Crippen LogP contribution in [0.3, 0.4) is 0 Å². The van der Waals surface area contributed by atoms with Crippen molar-refractivity contribution >= 4 is 23.2 Å². The van der Waals surface area contributed by atoms with Crippen molar-refractivity contribution in [2.75, 3.05) is 26.2 Å². The summed E-state index contributed by atoms with van der Waals surface area (Å²) in [6.45, 7) is 5.52. The van der Waals surface area contributed by atoms with Crippen LogP contribution in [-0.2, 0) is 17.6 Å². The van der Waals surface area contributed by atoms with E-state index in [2.05, 4.69) is 23.6 Å². The molecular formula is C21H31N3O2S. The number of amides is 2. The van der Waals surface area contributed by atoms with Gasteiger partial charge in [0.2, 0.25) is 5.91 Å². The first kappa shape index (κ1) is 18.9. The fourth-order valence-corrected chi connectivity index (χ4v) is 5.84. The zero-order chi connectivity index (χ0) is 18.8. The predicted octanol–water partition coefficient (Wildman–Crippen LogP) is 2.59. The summed E-state index contributed by atoms with van der Waals surface area (Å²) in [5.41, 5.74) is 1.40. The van der Waals surface area contributed by atoms with E-state index in [1.54, 1.807) is 11.3 Å². The highest BCUT2D eigenvalue weighted by Gasteiger charge is 2.28. The molecule has 27 heavy (non-hydrogen) atoms. The van der Waals surface area contributed by atoms with Gasteiger partial charge in [-0.05, 0) is 75.0 Å². The Morgan fingerprint density at radius 1 is 1.30 bits per heavy atom. The van der Waals surface area contributed by atoms with Crippen molar-refractivity contribution in [3.05, 3.63) is 21.4 Å². The molecule has 6 heteroatoms. The zero-order valence-electron chi connectivity index (χ0n) is 16.3. The van der Waals surface area contributed by atoms with Crippen LogP contribution in [0.2, 0.25) is 0 Å². The summed E-state index contributed by atoms with van der Waals surface area (Å²) in [6.07, 6.45) is 7.59. The highest BCUT2D eigenvalue weighted by atomic mass is 32.1. The molecule has 4 rings (SSSR count). The lowest BCUT2D eigenvalue weighted by Crippen LogP contribution is -2.46. The van der Waals surface area contributed by atoms with E-state index in [4.69, 9.17) is 0 Å². The number of thiophene rings is 1. The normalized spacial score (nSPS) is 28.0. The molecule has 0 radical (unpaired) electrons. The van der Waals surface area contributed by atoms with Crippen LogP contribution in [0.5, 0.6) is 0 Å². The van der Waals surface area contributed by atoms with Gasteiger partial charge in [-0.1, -0.05) is 6.92 Å². The van der Waals surface area contributed by atoms with Crippen molar-refractivity contribution in [3.8, 4) is 0 Å². The third-order valence-corrected chi connectivity index (χ3v) is 7.51. The molecule has 3 aliphatic rings. The van der Waals surface area contributed by atoms with Crippen molar-refractivity contribution in [1.82, 2.24) is 15.5 Å². The lowest BCUT2D eigenvalue weighted by atomic mass is 9.90. The Kier molecular flexibility index (Phi) is 5.83. The van der Waals surface area contributed by atoms with Crippen LogP contribution in [-0.4, -0.2) is 48.9 Å². The van der Waals surface area contributed by atoms with Gasteiger partial charge < -0.3 is 15.5 Å². The van der Waals surface area contributed by atoms with E-state index in [0.717, 1.165) is 69.0 Å². The standard InChI is InChI=1S/C21H31N3O2S/c1-14-6-7-18-16(10-14)11-19(27-18)21(26)24-9-3-4-15(13-24)12-23-20(25)17-5-2-8-22-17/h11,14-15,17,22H,2-10,12-13H2,1H3,(H,23,25). The monoisotopic (exact) mass is 389 g/mol. The number of likely N-dealkylation sites (tertiary alicyclic amines) is 1. The molecule has 5 nitrogen and oxygen atoms in total. The molecule has 2 N–H and O–H groups in total. The SMILES string of the molecule is CC1CCc2sc(C(=O)N3CCCC(CNC(=O)C4CCCN4)C3)cc2C1. The molecule has 1 aromatic rings. The summed E-state index contributed by atoms with van der Waals surface area (Å²) in [5.74, 6) is 1.40. The van der Waals surface area contributed by atoms with Gasteiger partial charge in [0.25, 0.3) is 5.91 Å². The molecule has 3 atom stereocenters. The second kappa shape index (κ2) is 8.31. The van der Waals surface area contributed by atoms with E-state index in [9.17, 15) is 9.59 Å². The number of hydrogen-bond donors (Lipinski definition) is 2. The average molecular weight is 390 g/mol. The number of nitrogens with zero attached hydrogens (tertiary/aromatic N) is 1. The number of piperidine rings is 1. The van der Waals surface area contributed by atoms with Gasteiger partial charge in [-0.25, -0.2) is 0 Å². The molecule has 1 aliphatic carbocycles. The van der Waals surface area contributed by atoms with Gasteiger partial charge in [-0.3, -0.25) is 9.59 Å². The molecule has 2 fully saturated rings. The molecule has 2 aliphatic heterocycles. The largest absolute Gasteiger partial charge is 0.354 e. The first-order chi connectivity index (χ1) is 13.1. The predicted molar refractivity (Wildman–Crippen MR) is 108 cm³/mol. The van der Waals surface area contributed by atoms with E-state index in [-0.39, 0.29) is 17.9 Å². The number of nitrogens with one attached hydrogen (secondary N) is 2. The highest BCUT2D eigenvalue weighted by molar-refractivity contribution is 7.14. The quantitative estimate of drug-likeness (QED) is 0.832. The summed E-state index contributed by atoms with van der Waals surface area (Å²) in [5, 5.41) is 6.35. The Bertz CT molecular complexity index is 696. The fraction of sp³-hybridized carbons (Fsp3) is 0.714. The van der Waals surface area contributed by atoms with E-state index in [1.807, 2.05) is 4.90 Å². The summed E-state index contributed by atoms with van der Waals surface area (Å²) < 4.78 is 0. The molecule has 2 amide bonds. The van der Waals surface area contributed by atoms with Gasteiger partial charge in [0.1, 0.15) is 0 Å². The number of carbonyl (C=O) groups is 2. The van der Waals surface area contributed by atoms with Crippen LogP contribution in [0, 0.1) is 11.8 Å². The second-order valence-corrected chi connectivity index (χ2v) is 9.70. The van der Waals surface area contributed by atoms with E-state index in [0.29, 0.717) is 12.5 Å². The van der Waals surface area contributed by atoms with Crippen molar-refractivity contribution in [2.24, 2.45) is 11.8 Å². The molecule has 3 heterocycles. The number of aryl methyl sites for hydroxylation is 1. The average Bonchev–Trinajstić information content (AvgIpc) is 3.35. The van der Waals surface area contributed by atoms with Gasteiger partial charge in [0.05, 0.1) is 10.9 Å². The number of fused-ring (bicyclic) bond motifs is 1. The minimum absolute atomic E-state index is 0.0221. The Labute approximate surface area is 165 Å². The second-order valence-electron chi connectivity index (χ2n) is 8.56. The summed E-state index contributed by atoms with van der Waals surface area (Å²) in [4.78, 5) is 29.6. The number of carbonyl (C=O) groups excluding carboxylic acids is 2. The Morgan fingerprint density at radius 3 is 3.00 bits per heavy atom. The molecule has 3 unspecified atom stereocenters. The van der Waals surface area contributed by atoms with Crippen molar-refractivity contribution < 1.29 is 9.59 Å². The zero-order valence-corrected chi connectivity index (χ0v) is 17.1. The number of hydrogen-bond acceptors (Lipinski definition) is 4. The fourth-order valence-electron chi connectivity index (χ4n) is 4.66. The van der Waals surface area contributed by atoms with Crippen LogP contribution in [0.15, 0.2) is 6.07 Å². The van der Waals surface area contributed by atoms with Crippen molar-refractivity contribution in [3.63, 3.8) is 0 Å². The van der Waals surface area contributed by atoms with Gasteiger partial charge in [0, 0.05) is 24.5 Å². The minimum atomic E-state index is -0.0221. The van der Waals surface area contributed by atoms with Gasteiger partial charge in [-0.2, -0.15) is 0 Å². The molecule has 1 aromatic heterocycles. The maximum Gasteiger partial charge on any atom is 0.263 e. The van der Waals surface area contributed by atoms with Gasteiger partial charge >= 0.3 is 0 Å². The molecule has 148 valence electrons. The van der Waals surface area contributed by atoms with Crippen LogP contribution < -0.4 is 10.6 Å². The lowest BCUT2D eigenvalue weighted by molar-refractivity contribution is -0.123. The van der Waals surface area contributed by atoms with Crippen molar-refractivity contribution in [1.29, 1.82) is 0 Å². The molecular weight excluding hydrogens is 358 g/mol. The number of rotatable bonds is 4. The topological polar surface area (TPSA) is 61.4 Å². The van der Waals surface area contributed by atoms with Crippen molar-refractivity contribution in [2.45, 2.75) is 57.9 Å². The summed E-state index contributed by atoms with van der Waals surface area (Å²) >= 11 is 1.71. The maximum atomic E-state index is 13.0. The molecule has 0 saturated carbocycles. The molecule has 0 bridgehead atoms. The summed E-state index contributed by atoms with van der Waals surface area (Å²) in [7, 11) is 0. The maximum absolute atomic E-state index is 13.0. The first-order valence-electron chi connectivity index (χ1n) is 10.5. The van der Waals surface area contributed by atoms with Crippen LogP contribution in [0.1, 0.15) is 59.1 Å². The van der Waals surface area contributed by atoms with E-state index < -0.39 is 0 Å². The third kappa shape index (κ3) is 4.37. The van der Waals surface area contributed by atoms with E-state index >= 15 is 0 Å². The molecule has 0 aromatic carbocycles. The summed E-state index contributed by atoms with van der Waals surface area (Å²) in [6, 6.07) is 2.13. The minimum Gasteiger partial charge on any atom is -0.354 e.